The van der Waals surface area contributed by atoms with E-state index in [1.54, 1.807) is 13.3 Å². The number of carbonyl (C=O) groups is 2. The number of carboxylic acid groups (broad SMARTS) is 1. The van der Waals surface area contributed by atoms with Crippen molar-refractivity contribution in [2.24, 2.45) is 0 Å². The van der Waals surface area contributed by atoms with Crippen LogP contribution in [0.5, 0.6) is 0 Å². The number of hydrogen-bond donors (Lipinski definition) is 1. The van der Waals surface area contributed by atoms with Gasteiger partial charge in [-0.25, -0.2) is 9.59 Å². The van der Waals surface area contributed by atoms with Crippen molar-refractivity contribution in [1.82, 2.24) is 0 Å². The van der Waals surface area contributed by atoms with Gasteiger partial charge >= 0.3 is 11.9 Å². The van der Waals surface area contributed by atoms with Crippen LogP contribution in [-0.4, -0.2) is 23.3 Å². The molecule has 1 N–H and O–H groups in total. The summed E-state index contributed by atoms with van der Waals surface area (Å²) < 4.78 is 10.8. The van der Waals surface area contributed by atoms with Gasteiger partial charge in [-0.05, 0) is 23.8 Å². The Kier molecular flexibility index (Phi) is 5.88. The van der Waals surface area contributed by atoms with Gasteiger partial charge in [0.1, 0.15) is 0 Å². The van der Waals surface area contributed by atoms with E-state index < -0.39 is 18.2 Å². The Morgan fingerprint density at radius 1 is 1.09 bits per heavy atom. The van der Waals surface area contributed by atoms with Crippen LogP contribution in [0.15, 0.2) is 54.6 Å². The first-order chi connectivity index (χ1) is 11.1. The van der Waals surface area contributed by atoms with Crippen LogP contribution in [0.3, 0.4) is 0 Å². The Morgan fingerprint density at radius 2 is 1.78 bits per heavy atom. The average Bonchev–Trinajstić information content (AvgIpc) is 2.59. The van der Waals surface area contributed by atoms with Crippen LogP contribution in [-0.2, 0) is 16.1 Å². The van der Waals surface area contributed by atoms with E-state index in [4.69, 9.17) is 14.6 Å². The van der Waals surface area contributed by atoms with Crippen molar-refractivity contribution in [3.05, 3.63) is 77.7 Å². The van der Waals surface area contributed by atoms with Gasteiger partial charge in [0.2, 0.25) is 6.29 Å². The SMILES string of the molecule is C[CH]C(OCc1ccccc1)OC(=O)c1cccc(C(=O)O)c1. The first-order valence-electron chi connectivity index (χ1n) is 7.09. The molecule has 5 nitrogen and oxygen atoms in total. The fourth-order valence-corrected chi connectivity index (χ4v) is 1.90. The lowest BCUT2D eigenvalue weighted by Gasteiger charge is -2.17. The molecule has 0 saturated heterocycles. The van der Waals surface area contributed by atoms with E-state index in [9.17, 15) is 9.59 Å². The minimum atomic E-state index is -1.10. The molecule has 0 aromatic heterocycles. The van der Waals surface area contributed by atoms with Crippen LogP contribution in [0.2, 0.25) is 0 Å². The maximum absolute atomic E-state index is 12.1. The predicted molar refractivity (Wildman–Crippen MR) is 83.8 cm³/mol. The van der Waals surface area contributed by atoms with Gasteiger partial charge in [0, 0.05) is 6.42 Å². The average molecular weight is 313 g/mol. The van der Waals surface area contributed by atoms with Crippen LogP contribution in [0.25, 0.3) is 0 Å². The highest BCUT2D eigenvalue weighted by atomic mass is 16.7. The summed E-state index contributed by atoms with van der Waals surface area (Å²) in [7, 11) is 0. The number of esters is 1. The third kappa shape index (κ3) is 4.93. The normalized spacial score (nSPS) is 11.7. The van der Waals surface area contributed by atoms with E-state index in [0.29, 0.717) is 6.61 Å². The number of carbonyl (C=O) groups excluding carboxylic acids is 1. The van der Waals surface area contributed by atoms with E-state index in [1.807, 2.05) is 30.3 Å². The van der Waals surface area contributed by atoms with E-state index in [0.717, 1.165) is 5.56 Å². The lowest BCUT2D eigenvalue weighted by atomic mass is 10.1. The number of benzene rings is 2. The molecule has 23 heavy (non-hydrogen) atoms. The molecule has 1 unspecified atom stereocenters. The molecule has 1 radical (unpaired) electrons. The quantitative estimate of drug-likeness (QED) is 0.627. The van der Waals surface area contributed by atoms with E-state index >= 15 is 0 Å². The fourth-order valence-electron chi connectivity index (χ4n) is 1.90. The summed E-state index contributed by atoms with van der Waals surface area (Å²) in [6.07, 6.45) is 0.804. The second-order valence-electron chi connectivity index (χ2n) is 4.79. The summed E-state index contributed by atoms with van der Waals surface area (Å²) in [5.41, 5.74) is 1.16. The van der Waals surface area contributed by atoms with Crippen LogP contribution < -0.4 is 0 Å². The fraction of sp³-hybridized carbons (Fsp3) is 0.167. The second-order valence-corrected chi connectivity index (χ2v) is 4.79. The van der Waals surface area contributed by atoms with Crippen LogP contribution in [0, 0.1) is 6.42 Å². The second kappa shape index (κ2) is 8.10. The molecule has 1 atom stereocenters. The number of aromatic carboxylic acids is 1. The smallest absolute Gasteiger partial charge is 0.340 e. The van der Waals surface area contributed by atoms with E-state index in [-0.39, 0.29) is 11.1 Å². The third-order valence-corrected chi connectivity index (χ3v) is 3.10. The Morgan fingerprint density at radius 3 is 2.43 bits per heavy atom. The first-order valence-corrected chi connectivity index (χ1v) is 7.09. The number of hydrogen-bond acceptors (Lipinski definition) is 4. The van der Waals surface area contributed by atoms with Gasteiger partial charge in [-0.15, -0.1) is 0 Å². The Balaban J connectivity index is 1.96. The highest BCUT2D eigenvalue weighted by molar-refractivity contribution is 5.94. The minimum absolute atomic E-state index is 0.0293. The molecule has 2 rings (SSSR count). The van der Waals surface area contributed by atoms with Crippen molar-refractivity contribution in [1.29, 1.82) is 0 Å². The highest BCUT2D eigenvalue weighted by Gasteiger charge is 2.16. The molecule has 0 amide bonds. The van der Waals surface area contributed by atoms with Crippen LogP contribution >= 0.6 is 0 Å². The summed E-state index contributed by atoms with van der Waals surface area (Å²) in [5, 5.41) is 8.95. The molecule has 2 aromatic carbocycles. The number of rotatable bonds is 7. The maximum Gasteiger partial charge on any atom is 0.340 e. The highest BCUT2D eigenvalue weighted by Crippen LogP contribution is 2.12. The van der Waals surface area contributed by atoms with Crippen molar-refractivity contribution < 1.29 is 24.2 Å². The molecule has 0 saturated carbocycles. The van der Waals surface area contributed by atoms with Gasteiger partial charge in [0.15, 0.2) is 0 Å². The summed E-state index contributed by atoms with van der Waals surface area (Å²) in [6.45, 7) is 2.02. The topological polar surface area (TPSA) is 72.8 Å². The molecule has 0 aliphatic rings. The molecule has 119 valence electrons. The Hall–Kier alpha value is -2.66. The van der Waals surface area contributed by atoms with Gasteiger partial charge in [0.05, 0.1) is 17.7 Å². The third-order valence-electron chi connectivity index (χ3n) is 3.10. The van der Waals surface area contributed by atoms with E-state index in [2.05, 4.69) is 0 Å². The molecule has 0 heterocycles. The minimum Gasteiger partial charge on any atom is -0.478 e. The molecule has 0 fully saturated rings. The lowest BCUT2D eigenvalue weighted by Crippen LogP contribution is -2.21. The summed E-state index contributed by atoms with van der Waals surface area (Å²) >= 11 is 0. The van der Waals surface area contributed by atoms with Crippen LogP contribution in [0.1, 0.15) is 33.2 Å². The molecule has 0 bridgehead atoms. The van der Waals surface area contributed by atoms with Crippen LogP contribution in [0.4, 0.5) is 0 Å². The lowest BCUT2D eigenvalue weighted by molar-refractivity contribution is -0.0969. The summed E-state index contributed by atoms with van der Waals surface area (Å²) in [4.78, 5) is 23.0. The largest absolute Gasteiger partial charge is 0.478 e. The zero-order valence-corrected chi connectivity index (χ0v) is 12.6. The zero-order chi connectivity index (χ0) is 16.7. The van der Waals surface area contributed by atoms with Gasteiger partial charge in [-0.3, -0.25) is 0 Å². The summed E-state index contributed by atoms with van der Waals surface area (Å²) in [5.74, 6) is -1.73. The standard InChI is InChI=1S/C18H17O5/c1-2-16(22-12-13-7-4-3-5-8-13)23-18(21)15-10-6-9-14(11-15)17(19)20/h2-11,16H,12H2,1H3,(H,19,20). The van der Waals surface area contributed by atoms with Crippen molar-refractivity contribution in [2.45, 2.75) is 19.8 Å². The molecule has 0 spiro atoms. The number of carboxylic acids is 1. The van der Waals surface area contributed by atoms with Crippen molar-refractivity contribution >= 4 is 11.9 Å². The predicted octanol–water partition coefficient (Wildman–Crippen LogP) is 3.31. The molecule has 2 aromatic rings. The van der Waals surface area contributed by atoms with Gasteiger partial charge < -0.3 is 14.6 Å². The maximum atomic E-state index is 12.1. The van der Waals surface area contributed by atoms with Crippen molar-refractivity contribution in [3.8, 4) is 0 Å². The first kappa shape index (κ1) is 16.7. The molecule has 5 heteroatoms. The van der Waals surface area contributed by atoms with Gasteiger partial charge in [0.25, 0.3) is 0 Å². The Bertz CT molecular complexity index is 666. The van der Waals surface area contributed by atoms with Crippen molar-refractivity contribution in [2.75, 3.05) is 0 Å². The molecule has 0 aliphatic carbocycles. The molecular formula is C18H17O5. The van der Waals surface area contributed by atoms with Gasteiger partial charge in [-0.2, -0.15) is 0 Å². The van der Waals surface area contributed by atoms with E-state index in [1.165, 1.54) is 24.3 Å². The monoisotopic (exact) mass is 313 g/mol. The van der Waals surface area contributed by atoms with Gasteiger partial charge in [-0.1, -0.05) is 43.3 Å². The zero-order valence-electron chi connectivity index (χ0n) is 12.6. The van der Waals surface area contributed by atoms with Crippen molar-refractivity contribution in [3.63, 3.8) is 0 Å². The number of ether oxygens (including phenoxy) is 2. The Labute approximate surface area is 134 Å². The molecule has 0 aliphatic heterocycles. The summed E-state index contributed by atoms with van der Waals surface area (Å²) in [6, 6.07) is 15.2. The molecular weight excluding hydrogens is 296 g/mol.